The van der Waals surface area contributed by atoms with Gasteiger partial charge in [0.15, 0.2) is 11.1 Å². The number of benzene rings is 1. The Morgan fingerprint density at radius 3 is 2.29 bits per heavy atom. The minimum Gasteiger partial charge on any atom is -0.370 e. The lowest BCUT2D eigenvalue weighted by Crippen LogP contribution is -2.23. The first-order valence-corrected chi connectivity index (χ1v) is 5.67. The summed E-state index contributed by atoms with van der Waals surface area (Å²) >= 11 is 1.19. The van der Waals surface area contributed by atoms with Gasteiger partial charge in [0.2, 0.25) is 5.91 Å². The molecule has 0 radical (unpaired) electrons. The van der Waals surface area contributed by atoms with Crippen LogP contribution in [0.15, 0.2) is 29.3 Å². The Morgan fingerprint density at radius 2 is 1.82 bits per heavy atom. The Bertz CT molecular complexity index is 450. The van der Waals surface area contributed by atoms with E-state index >= 15 is 0 Å². The van der Waals surface area contributed by atoms with Crippen LogP contribution in [0, 0.1) is 5.41 Å². The van der Waals surface area contributed by atoms with Crippen molar-refractivity contribution in [1.29, 1.82) is 5.41 Å². The van der Waals surface area contributed by atoms with Gasteiger partial charge in [-0.3, -0.25) is 10.2 Å². The van der Waals surface area contributed by atoms with Crippen molar-refractivity contribution in [2.45, 2.75) is 5.75 Å². The van der Waals surface area contributed by atoms with Gasteiger partial charge in [0, 0.05) is 11.3 Å². The molecule has 0 unspecified atom stereocenters. The number of thioether (sulfide) groups is 1. The molecule has 1 amide bonds. The van der Waals surface area contributed by atoms with Gasteiger partial charge < -0.3 is 17.2 Å². The lowest BCUT2D eigenvalue weighted by atomic mass is 10.1. The monoisotopic (exact) mass is 251 g/mol. The number of nitrogens with two attached hydrogens (primary N) is 3. The van der Waals surface area contributed by atoms with Crippen LogP contribution in [0.4, 0.5) is 0 Å². The van der Waals surface area contributed by atoms with Crippen LogP contribution in [0.2, 0.25) is 0 Å². The van der Waals surface area contributed by atoms with Crippen molar-refractivity contribution in [3.05, 3.63) is 35.4 Å². The van der Waals surface area contributed by atoms with Gasteiger partial charge in [-0.1, -0.05) is 23.9 Å². The van der Waals surface area contributed by atoms with E-state index in [1.165, 1.54) is 11.8 Å². The predicted octanol–water partition coefficient (Wildman–Crippen LogP) is 0.227. The number of amidine groups is 1. The van der Waals surface area contributed by atoms with Crippen LogP contribution in [0.3, 0.4) is 0 Å². The molecule has 90 valence electrons. The zero-order valence-electron chi connectivity index (χ0n) is 9.01. The maximum Gasteiger partial charge on any atom is 0.248 e. The van der Waals surface area contributed by atoms with Crippen molar-refractivity contribution in [2.24, 2.45) is 22.2 Å². The minimum atomic E-state index is -0.461. The molecule has 0 bridgehead atoms. The molecular formula is C10H13N5OS. The fourth-order valence-corrected chi connectivity index (χ4v) is 1.73. The molecule has 1 rings (SSSR count). The molecule has 0 atom stereocenters. The number of amides is 1. The zero-order chi connectivity index (χ0) is 12.8. The van der Waals surface area contributed by atoms with Crippen molar-refractivity contribution < 1.29 is 4.79 Å². The van der Waals surface area contributed by atoms with Crippen molar-refractivity contribution in [1.82, 2.24) is 0 Å². The maximum atomic E-state index is 10.8. The van der Waals surface area contributed by atoms with Crippen molar-refractivity contribution in [3.63, 3.8) is 0 Å². The highest BCUT2D eigenvalue weighted by atomic mass is 32.2. The number of hydrogen-bond donors (Lipinski definition) is 4. The summed E-state index contributed by atoms with van der Waals surface area (Å²) < 4.78 is 0. The zero-order valence-corrected chi connectivity index (χ0v) is 9.83. The molecular weight excluding hydrogens is 238 g/mol. The van der Waals surface area contributed by atoms with Crippen LogP contribution in [-0.4, -0.2) is 17.0 Å². The average Bonchev–Trinajstić information content (AvgIpc) is 2.26. The third-order valence-electron chi connectivity index (χ3n) is 1.84. The number of hydrogen-bond acceptors (Lipinski definition) is 3. The summed E-state index contributed by atoms with van der Waals surface area (Å²) in [5.74, 6) is -0.0432. The third-order valence-corrected chi connectivity index (χ3v) is 2.69. The molecule has 0 aliphatic heterocycles. The van der Waals surface area contributed by atoms with E-state index in [0.717, 1.165) is 5.56 Å². The topological polar surface area (TPSA) is 131 Å². The highest BCUT2D eigenvalue weighted by Crippen LogP contribution is 2.14. The Hall–Kier alpha value is -2.02. The number of rotatable bonds is 3. The molecule has 0 spiro atoms. The van der Waals surface area contributed by atoms with Crippen molar-refractivity contribution in [2.75, 3.05) is 0 Å². The van der Waals surface area contributed by atoms with Gasteiger partial charge in [-0.25, -0.2) is 0 Å². The lowest BCUT2D eigenvalue weighted by Gasteiger charge is -2.01. The second kappa shape index (κ2) is 5.90. The lowest BCUT2D eigenvalue weighted by molar-refractivity contribution is 0.100. The summed E-state index contributed by atoms with van der Waals surface area (Å²) in [4.78, 5) is 14.4. The van der Waals surface area contributed by atoms with Crippen LogP contribution in [0.25, 0.3) is 0 Å². The van der Waals surface area contributed by atoms with E-state index in [0.29, 0.717) is 11.3 Å². The predicted molar refractivity (Wildman–Crippen MR) is 69.8 cm³/mol. The molecule has 0 saturated heterocycles. The SMILES string of the molecule is N=C(N=C(N)N)SCc1ccc(C(N)=O)cc1. The van der Waals surface area contributed by atoms with E-state index in [9.17, 15) is 4.79 Å². The summed E-state index contributed by atoms with van der Waals surface area (Å²) in [6.45, 7) is 0. The van der Waals surface area contributed by atoms with Gasteiger partial charge in [0.25, 0.3) is 0 Å². The molecule has 0 aliphatic carbocycles. The summed E-state index contributed by atoms with van der Waals surface area (Å²) in [5.41, 5.74) is 16.8. The fourth-order valence-electron chi connectivity index (χ4n) is 1.07. The number of primary amides is 1. The summed E-state index contributed by atoms with van der Waals surface area (Å²) in [5, 5.41) is 7.47. The molecule has 0 fully saturated rings. The average molecular weight is 251 g/mol. The molecule has 17 heavy (non-hydrogen) atoms. The largest absolute Gasteiger partial charge is 0.370 e. The van der Waals surface area contributed by atoms with Gasteiger partial charge >= 0.3 is 0 Å². The minimum absolute atomic E-state index is 0.0453. The highest BCUT2D eigenvalue weighted by molar-refractivity contribution is 8.13. The molecule has 0 heterocycles. The van der Waals surface area contributed by atoms with E-state index in [-0.39, 0.29) is 11.1 Å². The second-order valence-electron chi connectivity index (χ2n) is 3.19. The number of aliphatic imine (C=N–C) groups is 1. The van der Waals surface area contributed by atoms with E-state index in [4.69, 9.17) is 22.6 Å². The maximum absolute atomic E-state index is 10.8. The molecule has 1 aromatic rings. The molecule has 0 aliphatic rings. The smallest absolute Gasteiger partial charge is 0.248 e. The fraction of sp³-hybridized carbons (Fsp3) is 0.100. The molecule has 0 saturated carbocycles. The second-order valence-corrected chi connectivity index (χ2v) is 4.16. The number of nitrogens with zero attached hydrogens (tertiary/aromatic N) is 1. The van der Waals surface area contributed by atoms with Crippen LogP contribution >= 0.6 is 11.8 Å². The summed E-state index contributed by atoms with van der Waals surface area (Å²) in [6.07, 6.45) is 0. The summed E-state index contributed by atoms with van der Waals surface area (Å²) in [7, 11) is 0. The standard InChI is InChI=1S/C10H13N5OS/c11-8(16)7-3-1-6(2-4-7)5-17-10(14)15-9(12)13/h1-4H,5H2,(H2,11,16)(H5,12,13,14,15). The number of nitrogens with one attached hydrogen (secondary N) is 1. The van der Waals surface area contributed by atoms with Crippen LogP contribution in [0.1, 0.15) is 15.9 Å². The Balaban J connectivity index is 2.56. The molecule has 6 nitrogen and oxygen atoms in total. The number of guanidine groups is 1. The van der Waals surface area contributed by atoms with Gasteiger partial charge in [0.1, 0.15) is 0 Å². The normalized spacial score (nSPS) is 9.65. The molecule has 7 N–H and O–H groups in total. The van der Waals surface area contributed by atoms with Crippen molar-refractivity contribution in [3.8, 4) is 0 Å². The number of carbonyl (C=O) groups excluding carboxylic acids is 1. The third kappa shape index (κ3) is 4.56. The van der Waals surface area contributed by atoms with Crippen LogP contribution in [0.5, 0.6) is 0 Å². The first kappa shape index (κ1) is 13.0. The van der Waals surface area contributed by atoms with Crippen LogP contribution in [-0.2, 0) is 5.75 Å². The first-order chi connectivity index (χ1) is 7.99. The van der Waals surface area contributed by atoms with E-state index < -0.39 is 5.91 Å². The summed E-state index contributed by atoms with van der Waals surface area (Å²) in [6, 6.07) is 6.83. The Kier molecular flexibility index (Phi) is 4.53. The first-order valence-electron chi connectivity index (χ1n) is 4.69. The van der Waals surface area contributed by atoms with Gasteiger partial charge in [-0.15, -0.1) is 0 Å². The van der Waals surface area contributed by atoms with Gasteiger partial charge in [0.05, 0.1) is 0 Å². The number of carbonyl (C=O) groups is 1. The van der Waals surface area contributed by atoms with E-state index in [1.54, 1.807) is 24.3 Å². The molecule has 7 heteroatoms. The highest BCUT2D eigenvalue weighted by Gasteiger charge is 2.01. The Labute approximate surface area is 103 Å². The van der Waals surface area contributed by atoms with E-state index in [2.05, 4.69) is 4.99 Å². The van der Waals surface area contributed by atoms with Crippen LogP contribution < -0.4 is 17.2 Å². The van der Waals surface area contributed by atoms with Gasteiger partial charge in [-0.2, -0.15) is 4.99 Å². The Morgan fingerprint density at radius 1 is 1.24 bits per heavy atom. The van der Waals surface area contributed by atoms with E-state index in [1.807, 2.05) is 0 Å². The van der Waals surface area contributed by atoms with Crippen molar-refractivity contribution >= 4 is 28.8 Å². The van der Waals surface area contributed by atoms with Gasteiger partial charge in [-0.05, 0) is 17.7 Å². The molecule has 1 aromatic carbocycles. The molecule has 0 aromatic heterocycles. The quantitative estimate of drug-likeness (QED) is 0.452.